The van der Waals surface area contributed by atoms with E-state index in [1.165, 1.54) is 0 Å². The molecule has 0 spiro atoms. The molecular weight excluding hydrogens is 348 g/mol. The Morgan fingerprint density at radius 2 is 2.04 bits per heavy atom. The van der Waals surface area contributed by atoms with Gasteiger partial charge in [-0.1, -0.05) is 29.8 Å². The SMILES string of the molecule is CCNC(=O)[C@H]1CCN(C(=O)c2cccc(-c3ccc(Cl)cc3C)c2)C1. The average molecular weight is 371 g/mol. The smallest absolute Gasteiger partial charge is 0.253 e. The molecule has 5 heteroatoms. The first kappa shape index (κ1) is 18.5. The average Bonchev–Trinajstić information content (AvgIpc) is 3.11. The monoisotopic (exact) mass is 370 g/mol. The van der Waals surface area contributed by atoms with Gasteiger partial charge >= 0.3 is 0 Å². The highest BCUT2D eigenvalue weighted by molar-refractivity contribution is 6.30. The van der Waals surface area contributed by atoms with Crippen molar-refractivity contribution in [3.8, 4) is 11.1 Å². The Balaban J connectivity index is 1.78. The Kier molecular flexibility index (Phi) is 5.62. The molecule has 136 valence electrons. The zero-order valence-electron chi connectivity index (χ0n) is 15.1. The maximum Gasteiger partial charge on any atom is 0.253 e. The van der Waals surface area contributed by atoms with Crippen LogP contribution in [0.3, 0.4) is 0 Å². The summed E-state index contributed by atoms with van der Waals surface area (Å²) in [5.74, 6) is -0.0980. The summed E-state index contributed by atoms with van der Waals surface area (Å²) in [5, 5.41) is 3.54. The van der Waals surface area contributed by atoms with E-state index < -0.39 is 0 Å². The van der Waals surface area contributed by atoms with E-state index in [-0.39, 0.29) is 17.7 Å². The van der Waals surface area contributed by atoms with E-state index in [2.05, 4.69) is 5.32 Å². The van der Waals surface area contributed by atoms with Crippen molar-refractivity contribution in [3.05, 3.63) is 58.6 Å². The van der Waals surface area contributed by atoms with E-state index >= 15 is 0 Å². The fraction of sp³-hybridized carbons (Fsp3) is 0.333. The molecule has 0 aromatic heterocycles. The summed E-state index contributed by atoms with van der Waals surface area (Å²) in [6.45, 7) is 5.62. The highest BCUT2D eigenvalue weighted by Gasteiger charge is 2.31. The molecule has 1 fully saturated rings. The molecule has 2 aromatic rings. The number of benzene rings is 2. The van der Waals surface area contributed by atoms with Crippen LogP contribution in [0.5, 0.6) is 0 Å². The number of hydrogen-bond donors (Lipinski definition) is 1. The van der Waals surface area contributed by atoms with Crippen molar-refractivity contribution in [1.29, 1.82) is 0 Å². The minimum atomic E-state index is -0.111. The summed E-state index contributed by atoms with van der Waals surface area (Å²) in [6, 6.07) is 13.4. The molecule has 1 heterocycles. The second kappa shape index (κ2) is 7.92. The molecule has 2 aromatic carbocycles. The van der Waals surface area contributed by atoms with Crippen molar-refractivity contribution in [2.45, 2.75) is 20.3 Å². The molecule has 0 unspecified atom stereocenters. The first-order valence-electron chi connectivity index (χ1n) is 8.93. The number of nitrogens with one attached hydrogen (secondary N) is 1. The standard InChI is InChI=1S/C21H23ClN2O2/c1-3-23-20(25)17-9-10-24(13-17)21(26)16-6-4-5-15(12-16)19-8-7-18(22)11-14(19)2/h4-8,11-12,17H,3,9-10,13H2,1-2H3,(H,23,25)/t17-/m0/s1. The number of carbonyl (C=O) groups excluding carboxylic acids is 2. The van der Waals surface area contributed by atoms with Crippen LogP contribution in [-0.4, -0.2) is 36.3 Å². The summed E-state index contributed by atoms with van der Waals surface area (Å²) < 4.78 is 0. The van der Waals surface area contributed by atoms with Gasteiger partial charge in [0.1, 0.15) is 0 Å². The molecule has 0 saturated carbocycles. The summed E-state index contributed by atoms with van der Waals surface area (Å²) in [6.07, 6.45) is 0.716. The van der Waals surface area contributed by atoms with E-state index in [4.69, 9.17) is 11.6 Å². The number of rotatable bonds is 4. The van der Waals surface area contributed by atoms with Gasteiger partial charge in [-0.25, -0.2) is 0 Å². The van der Waals surface area contributed by atoms with Crippen LogP contribution in [0.1, 0.15) is 29.3 Å². The van der Waals surface area contributed by atoms with Gasteiger partial charge < -0.3 is 10.2 Å². The fourth-order valence-corrected chi connectivity index (χ4v) is 3.66. The van der Waals surface area contributed by atoms with Crippen LogP contribution in [0.2, 0.25) is 5.02 Å². The van der Waals surface area contributed by atoms with Crippen molar-refractivity contribution in [3.63, 3.8) is 0 Å². The third-order valence-corrected chi connectivity index (χ3v) is 5.04. The Morgan fingerprint density at radius 3 is 2.77 bits per heavy atom. The summed E-state index contributed by atoms with van der Waals surface area (Å²) >= 11 is 6.04. The molecule has 1 aliphatic heterocycles. The first-order valence-corrected chi connectivity index (χ1v) is 9.31. The molecule has 0 radical (unpaired) electrons. The van der Waals surface area contributed by atoms with Gasteiger partial charge in [0.2, 0.25) is 5.91 Å². The van der Waals surface area contributed by atoms with Crippen molar-refractivity contribution in [2.75, 3.05) is 19.6 Å². The molecule has 3 rings (SSSR count). The number of nitrogens with zero attached hydrogens (tertiary/aromatic N) is 1. The molecule has 0 aliphatic carbocycles. The maximum atomic E-state index is 12.9. The van der Waals surface area contributed by atoms with Crippen molar-refractivity contribution < 1.29 is 9.59 Å². The maximum absolute atomic E-state index is 12.9. The van der Waals surface area contributed by atoms with Gasteiger partial charge in [-0.15, -0.1) is 0 Å². The van der Waals surface area contributed by atoms with Crippen molar-refractivity contribution >= 4 is 23.4 Å². The number of amides is 2. The predicted molar refractivity (Wildman–Crippen MR) is 104 cm³/mol. The highest BCUT2D eigenvalue weighted by atomic mass is 35.5. The quantitative estimate of drug-likeness (QED) is 0.886. The zero-order chi connectivity index (χ0) is 18.7. The molecule has 4 nitrogen and oxygen atoms in total. The lowest BCUT2D eigenvalue weighted by Gasteiger charge is -2.17. The number of halogens is 1. The van der Waals surface area contributed by atoms with E-state index in [1.807, 2.05) is 56.3 Å². The van der Waals surface area contributed by atoms with Gasteiger partial charge in [0.05, 0.1) is 5.92 Å². The third kappa shape index (κ3) is 3.91. The Hall–Kier alpha value is -2.33. The van der Waals surface area contributed by atoms with Crippen LogP contribution in [0.25, 0.3) is 11.1 Å². The Labute approximate surface area is 159 Å². The van der Waals surface area contributed by atoms with Crippen molar-refractivity contribution in [1.82, 2.24) is 10.2 Å². The molecule has 1 N–H and O–H groups in total. The lowest BCUT2D eigenvalue weighted by Crippen LogP contribution is -2.34. The van der Waals surface area contributed by atoms with E-state index in [9.17, 15) is 9.59 Å². The van der Waals surface area contributed by atoms with Gasteiger partial charge in [-0.05, 0) is 61.2 Å². The molecule has 26 heavy (non-hydrogen) atoms. The van der Waals surface area contributed by atoms with Crippen LogP contribution in [0, 0.1) is 12.8 Å². The van der Waals surface area contributed by atoms with Gasteiger partial charge in [-0.2, -0.15) is 0 Å². The molecule has 1 saturated heterocycles. The predicted octanol–water partition coefficient (Wildman–Crippen LogP) is 3.91. The third-order valence-electron chi connectivity index (χ3n) is 4.81. The van der Waals surface area contributed by atoms with Gasteiger partial charge in [0, 0.05) is 30.2 Å². The lowest BCUT2D eigenvalue weighted by molar-refractivity contribution is -0.124. The fourth-order valence-electron chi connectivity index (χ4n) is 3.43. The summed E-state index contributed by atoms with van der Waals surface area (Å²) in [7, 11) is 0. The van der Waals surface area contributed by atoms with E-state index in [0.717, 1.165) is 16.7 Å². The minimum Gasteiger partial charge on any atom is -0.356 e. The minimum absolute atomic E-state index is 0.0229. The van der Waals surface area contributed by atoms with E-state index in [1.54, 1.807) is 4.90 Å². The summed E-state index contributed by atoms with van der Waals surface area (Å²) in [5.41, 5.74) is 3.77. The van der Waals surface area contributed by atoms with Gasteiger partial charge in [0.25, 0.3) is 5.91 Å². The normalized spacial score (nSPS) is 16.6. The van der Waals surface area contributed by atoms with Crippen LogP contribution in [-0.2, 0) is 4.79 Å². The lowest BCUT2D eigenvalue weighted by atomic mass is 9.98. The summed E-state index contributed by atoms with van der Waals surface area (Å²) in [4.78, 5) is 26.6. The zero-order valence-corrected chi connectivity index (χ0v) is 15.8. The van der Waals surface area contributed by atoms with Gasteiger partial charge in [-0.3, -0.25) is 9.59 Å². The number of likely N-dealkylation sites (tertiary alicyclic amines) is 1. The topological polar surface area (TPSA) is 49.4 Å². The van der Waals surface area contributed by atoms with Crippen LogP contribution in [0.4, 0.5) is 0 Å². The second-order valence-electron chi connectivity index (χ2n) is 6.67. The molecule has 0 bridgehead atoms. The second-order valence-corrected chi connectivity index (χ2v) is 7.11. The highest BCUT2D eigenvalue weighted by Crippen LogP contribution is 2.27. The molecule has 2 amide bonds. The van der Waals surface area contributed by atoms with Gasteiger partial charge in [0.15, 0.2) is 0 Å². The largest absolute Gasteiger partial charge is 0.356 e. The number of hydrogen-bond acceptors (Lipinski definition) is 2. The van der Waals surface area contributed by atoms with Crippen LogP contribution < -0.4 is 5.32 Å². The molecular formula is C21H23ClN2O2. The molecule has 1 atom stereocenters. The Bertz CT molecular complexity index is 835. The molecule has 1 aliphatic rings. The van der Waals surface area contributed by atoms with Crippen LogP contribution in [0.15, 0.2) is 42.5 Å². The first-order chi connectivity index (χ1) is 12.5. The van der Waals surface area contributed by atoms with Crippen LogP contribution >= 0.6 is 11.6 Å². The van der Waals surface area contributed by atoms with E-state index in [0.29, 0.717) is 36.6 Å². The number of aryl methyl sites for hydroxylation is 1. The Morgan fingerprint density at radius 1 is 1.23 bits per heavy atom. The number of carbonyl (C=O) groups is 2. The van der Waals surface area contributed by atoms with Crippen molar-refractivity contribution in [2.24, 2.45) is 5.92 Å².